The van der Waals surface area contributed by atoms with Gasteiger partial charge in [0.2, 0.25) is 5.91 Å². The number of aryl methyl sites for hydroxylation is 1. The molecule has 0 aromatic heterocycles. The van der Waals surface area contributed by atoms with E-state index in [1.54, 1.807) is 6.07 Å². The molecule has 4 heteroatoms. The van der Waals surface area contributed by atoms with Gasteiger partial charge < -0.3 is 10.6 Å². The SMILES string of the molecule is O=C(CCc1cccc(F)c1)NC[C@@H]1CCCNC1. The maximum Gasteiger partial charge on any atom is 0.220 e. The van der Waals surface area contributed by atoms with Gasteiger partial charge in [0.25, 0.3) is 0 Å². The number of carbonyl (C=O) groups excluding carboxylic acids is 1. The first-order valence-corrected chi connectivity index (χ1v) is 6.96. The smallest absolute Gasteiger partial charge is 0.220 e. The molecule has 0 bridgehead atoms. The van der Waals surface area contributed by atoms with Crippen LogP contribution in [0.25, 0.3) is 0 Å². The van der Waals surface area contributed by atoms with E-state index in [1.807, 2.05) is 6.07 Å². The van der Waals surface area contributed by atoms with Crippen molar-refractivity contribution in [1.82, 2.24) is 10.6 Å². The second-order valence-corrected chi connectivity index (χ2v) is 5.15. The van der Waals surface area contributed by atoms with Crippen molar-refractivity contribution in [3.8, 4) is 0 Å². The summed E-state index contributed by atoms with van der Waals surface area (Å²) in [6.45, 7) is 2.82. The summed E-state index contributed by atoms with van der Waals surface area (Å²) in [5.74, 6) is 0.355. The van der Waals surface area contributed by atoms with Gasteiger partial charge in [-0.25, -0.2) is 4.39 Å². The zero-order valence-electron chi connectivity index (χ0n) is 11.1. The molecular weight excluding hydrogens is 243 g/mol. The summed E-state index contributed by atoms with van der Waals surface area (Å²) in [4.78, 5) is 11.7. The Bertz CT molecular complexity index is 416. The van der Waals surface area contributed by atoms with Crippen molar-refractivity contribution >= 4 is 5.91 Å². The number of halogens is 1. The van der Waals surface area contributed by atoms with Gasteiger partial charge in [-0.15, -0.1) is 0 Å². The normalized spacial score (nSPS) is 19.1. The summed E-state index contributed by atoms with van der Waals surface area (Å²) in [7, 11) is 0. The Morgan fingerprint density at radius 1 is 1.47 bits per heavy atom. The number of hydrogen-bond donors (Lipinski definition) is 2. The van der Waals surface area contributed by atoms with Crippen LogP contribution in [0.4, 0.5) is 4.39 Å². The van der Waals surface area contributed by atoms with E-state index in [1.165, 1.54) is 25.0 Å². The molecule has 104 valence electrons. The van der Waals surface area contributed by atoms with Crippen LogP contribution in [0, 0.1) is 11.7 Å². The van der Waals surface area contributed by atoms with Crippen molar-refractivity contribution in [2.45, 2.75) is 25.7 Å². The topological polar surface area (TPSA) is 41.1 Å². The minimum Gasteiger partial charge on any atom is -0.356 e. The monoisotopic (exact) mass is 264 g/mol. The van der Waals surface area contributed by atoms with Crippen molar-refractivity contribution in [3.63, 3.8) is 0 Å². The molecule has 1 saturated heterocycles. The highest BCUT2D eigenvalue weighted by Gasteiger charge is 2.13. The first-order valence-electron chi connectivity index (χ1n) is 6.96. The van der Waals surface area contributed by atoms with Crippen LogP contribution in [0.15, 0.2) is 24.3 Å². The van der Waals surface area contributed by atoms with Crippen LogP contribution in [0.5, 0.6) is 0 Å². The molecule has 1 aliphatic heterocycles. The lowest BCUT2D eigenvalue weighted by molar-refractivity contribution is -0.121. The zero-order valence-corrected chi connectivity index (χ0v) is 11.1. The molecule has 2 N–H and O–H groups in total. The fourth-order valence-corrected chi connectivity index (χ4v) is 2.40. The van der Waals surface area contributed by atoms with E-state index in [-0.39, 0.29) is 11.7 Å². The Morgan fingerprint density at radius 2 is 2.37 bits per heavy atom. The fourth-order valence-electron chi connectivity index (χ4n) is 2.40. The molecule has 0 spiro atoms. The Balaban J connectivity index is 1.66. The second kappa shape index (κ2) is 7.24. The number of nitrogens with one attached hydrogen (secondary N) is 2. The van der Waals surface area contributed by atoms with Crippen LogP contribution in [-0.2, 0) is 11.2 Å². The fraction of sp³-hybridized carbons (Fsp3) is 0.533. The number of hydrogen-bond acceptors (Lipinski definition) is 2. The minimum atomic E-state index is -0.244. The summed E-state index contributed by atoms with van der Waals surface area (Å²) in [5, 5.41) is 6.29. The second-order valence-electron chi connectivity index (χ2n) is 5.15. The highest BCUT2D eigenvalue weighted by Crippen LogP contribution is 2.09. The van der Waals surface area contributed by atoms with Crippen molar-refractivity contribution < 1.29 is 9.18 Å². The summed E-state index contributed by atoms with van der Waals surface area (Å²) < 4.78 is 13.0. The molecule has 1 fully saturated rings. The number of piperidine rings is 1. The molecule has 1 atom stereocenters. The van der Waals surface area contributed by atoms with Gasteiger partial charge >= 0.3 is 0 Å². The van der Waals surface area contributed by atoms with E-state index < -0.39 is 0 Å². The molecule has 1 aliphatic rings. The van der Waals surface area contributed by atoms with Gasteiger partial charge in [0.05, 0.1) is 0 Å². The maximum absolute atomic E-state index is 13.0. The van der Waals surface area contributed by atoms with E-state index in [4.69, 9.17) is 0 Å². The average Bonchev–Trinajstić information content (AvgIpc) is 2.44. The summed E-state index contributed by atoms with van der Waals surface area (Å²) in [6.07, 6.45) is 3.37. The first kappa shape index (κ1) is 14.0. The lowest BCUT2D eigenvalue weighted by Gasteiger charge is -2.22. The Kier molecular flexibility index (Phi) is 5.33. The van der Waals surface area contributed by atoms with E-state index in [0.717, 1.165) is 25.2 Å². The van der Waals surface area contributed by atoms with Gasteiger partial charge in [0.15, 0.2) is 0 Å². The van der Waals surface area contributed by atoms with Crippen LogP contribution in [-0.4, -0.2) is 25.5 Å². The highest BCUT2D eigenvalue weighted by atomic mass is 19.1. The van der Waals surface area contributed by atoms with Crippen LogP contribution < -0.4 is 10.6 Å². The lowest BCUT2D eigenvalue weighted by Crippen LogP contribution is -2.38. The van der Waals surface area contributed by atoms with Gasteiger partial charge in [-0.1, -0.05) is 12.1 Å². The van der Waals surface area contributed by atoms with Crippen molar-refractivity contribution in [2.75, 3.05) is 19.6 Å². The predicted molar refractivity (Wildman–Crippen MR) is 73.3 cm³/mol. The Morgan fingerprint density at radius 3 is 3.11 bits per heavy atom. The van der Waals surface area contributed by atoms with Gasteiger partial charge in [-0.05, 0) is 56.0 Å². The summed E-state index contributed by atoms with van der Waals surface area (Å²) >= 11 is 0. The molecule has 0 radical (unpaired) electrons. The molecule has 1 heterocycles. The van der Waals surface area contributed by atoms with Crippen LogP contribution in [0.3, 0.4) is 0 Å². The third kappa shape index (κ3) is 4.99. The maximum atomic E-state index is 13.0. The summed E-state index contributed by atoms with van der Waals surface area (Å²) in [5.41, 5.74) is 0.870. The van der Waals surface area contributed by atoms with Crippen LogP contribution in [0.1, 0.15) is 24.8 Å². The van der Waals surface area contributed by atoms with Gasteiger partial charge in [0, 0.05) is 13.0 Å². The predicted octanol–water partition coefficient (Wildman–Crippen LogP) is 1.87. The van der Waals surface area contributed by atoms with Crippen LogP contribution >= 0.6 is 0 Å². The Labute approximate surface area is 113 Å². The molecule has 1 aromatic rings. The standard InChI is InChI=1S/C15H21FN2O/c16-14-5-1-3-12(9-14)6-7-15(19)18-11-13-4-2-8-17-10-13/h1,3,5,9,13,17H,2,4,6-8,10-11H2,(H,18,19)/t13-/m1/s1. The molecule has 0 aliphatic carbocycles. The van der Waals surface area contributed by atoms with Crippen molar-refractivity contribution in [2.24, 2.45) is 5.92 Å². The van der Waals surface area contributed by atoms with Crippen LogP contribution in [0.2, 0.25) is 0 Å². The first-order chi connectivity index (χ1) is 9.24. The van der Waals surface area contributed by atoms with E-state index in [0.29, 0.717) is 18.8 Å². The molecule has 2 rings (SSSR count). The highest BCUT2D eigenvalue weighted by molar-refractivity contribution is 5.76. The lowest BCUT2D eigenvalue weighted by atomic mass is 10.00. The minimum absolute atomic E-state index is 0.0508. The van der Waals surface area contributed by atoms with E-state index in [9.17, 15) is 9.18 Å². The molecule has 0 saturated carbocycles. The van der Waals surface area contributed by atoms with Gasteiger partial charge in [-0.3, -0.25) is 4.79 Å². The third-order valence-electron chi connectivity index (χ3n) is 3.52. The molecule has 3 nitrogen and oxygen atoms in total. The molecule has 0 unspecified atom stereocenters. The molecular formula is C15H21FN2O. The van der Waals surface area contributed by atoms with Gasteiger partial charge in [-0.2, -0.15) is 0 Å². The number of benzene rings is 1. The largest absolute Gasteiger partial charge is 0.356 e. The van der Waals surface area contributed by atoms with E-state index >= 15 is 0 Å². The molecule has 1 aromatic carbocycles. The molecule has 1 amide bonds. The average molecular weight is 264 g/mol. The number of rotatable bonds is 5. The molecule has 19 heavy (non-hydrogen) atoms. The van der Waals surface area contributed by atoms with Crippen molar-refractivity contribution in [1.29, 1.82) is 0 Å². The zero-order chi connectivity index (χ0) is 13.5. The van der Waals surface area contributed by atoms with E-state index in [2.05, 4.69) is 10.6 Å². The quantitative estimate of drug-likeness (QED) is 0.852. The van der Waals surface area contributed by atoms with Crippen molar-refractivity contribution in [3.05, 3.63) is 35.6 Å². The number of amides is 1. The van der Waals surface area contributed by atoms with Gasteiger partial charge in [0.1, 0.15) is 5.82 Å². The third-order valence-corrected chi connectivity index (χ3v) is 3.52. The Hall–Kier alpha value is -1.42. The number of carbonyl (C=O) groups is 1. The summed E-state index contributed by atoms with van der Waals surface area (Å²) in [6, 6.07) is 6.43.